The van der Waals surface area contributed by atoms with Crippen LogP contribution in [0.5, 0.6) is 0 Å². The molecule has 0 radical (unpaired) electrons. The number of amides is 1. The minimum atomic E-state index is -0.285. The van der Waals surface area contributed by atoms with Crippen LogP contribution in [-0.4, -0.2) is 24.2 Å². The number of aliphatic hydroxyl groups is 1. The molecule has 0 fully saturated rings. The molecule has 1 unspecified atom stereocenters. The number of nitriles is 1. The molecule has 0 aliphatic heterocycles. The fourth-order valence-corrected chi connectivity index (χ4v) is 2.50. The first kappa shape index (κ1) is 18.0. The number of hydrogen-bond acceptors (Lipinski definition) is 4. The SMILES string of the molecule is N#Cc1ccc(Cl)cc1NC(=O)CNC(CCO)c1ccccc1. The lowest BCUT2D eigenvalue weighted by atomic mass is 10.0. The molecule has 24 heavy (non-hydrogen) atoms. The molecule has 0 bridgehead atoms. The van der Waals surface area contributed by atoms with Crippen LogP contribution >= 0.6 is 11.6 Å². The lowest BCUT2D eigenvalue weighted by Gasteiger charge is -2.18. The second-order valence-electron chi connectivity index (χ2n) is 5.21. The molecule has 0 heterocycles. The average molecular weight is 344 g/mol. The summed E-state index contributed by atoms with van der Waals surface area (Å²) < 4.78 is 0. The minimum Gasteiger partial charge on any atom is -0.396 e. The number of nitrogens with one attached hydrogen (secondary N) is 2. The van der Waals surface area contributed by atoms with E-state index in [-0.39, 0.29) is 25.1 Å². The van der Waals surface area contributed by atoms with Crippen molar-refractivity contribution in [3.8, 4) is 6.07 Å². The van der Waals surface area contributed by atoms with Gasteiger partial charge in [0.15, 0.2) is 0 Å². The van der Waals surface area contributed by atoms with Gasteiger partial charge in [-0.3, -0.25) is 4.79 Å². The number of hydrogen-bond donors (Lipinski definition) is 3. The summed E-state index contributed by atoms with van der Waals surface area (Å²) in [5.74, 6) is -0.285. The molecular formula is C18H18ClN3O2. The Hall–Kier alpha value is -2.39. The number of benzene rings is 2. The summed E-state index contributed by atoms with van der Waals surface area (Å²) in [6, 6.07) is 16.2. The molecule has 0 spiro atoms. The largest absolute Gasteiger partial charge is 0.396 e. The normalized spacial score (nSPS) is 11.5. The van der Waals surface area contributed by atoms with Crippen molar-refractivity contribution in [2.45, 2.75) is 12.5 Å². The Bertz CT molecular complexity index is 729. The highest BCUT2D eigenvalue weighted by Crippen LogP contribution is 2.20. The molecule has 2 aromatic carbocycles. The lowest BCUT2D eigenvalue weighted by molar-refractivity contribution is -0.115. The maximum absolute atomic E-state index is 12.1. The zero-order valence-corrected chi connectivity index (χ0v) is 13.8. The first-order valence-corrected chi connectivity index (χ1v) is 7.90. The predicted molar refractivity (Wildman–Crippen MR) is 93.7 cm³/mol. The van der Waals surface area contributed by atoms with E-state index in [1.54, 1.807) is 18.2 Å². The fraction of sp³-hybridized carbons (Fsp3) is 0.222. The van der Waals surface area contributed by atoms with Crippen LogP contribution in [0.15, 0.2) is 48.5 Å². The standard InChI is InChI=1S/C18H18ClN3O2/c19-15-7-6-14(11-20)17(10-15)22-18(24)12-21-16(8-9-23)13-4-2-1-3-5-13/h1-7,10,16,21,23H,8-9,12H2,(H,22,24). The van der Waals surface area contributed by atoms with Gasteiger partial charge in [0, 0.05) is 17.7 Å². The van der Waals surface area contributed by atoms with E-state index >= 15 is 0 Å². The van der Waals surface area contributed by atoms with Crippen LogP contribution in [0, 0.1) is 11.3 Å². The van der Waals surface area contributed by atoms with E-state index < -0.39 is 0 Å². The number of nitrogens with zero attached hydrogens (tertiary/aromatic N) is 1. The van der Waals surface area contributed by atoms with Crippen LogP contribution in [0.4, 0.5) is 5.69 Å². The number of carbonyl (C=O) groups excluding carboxylic acids is 1. The van der Waals surface area contributed by atoms with Crippen LogP contribution in [0.1, 0.15) is 23.6 Å². The molecule has 5 nitrogen and oxygen atoms in total. The maximum atomic E-state index is 12.1. The third-order valence-electron chi connectivity index (χ3n) is 3.50. The molecule has 0 aromatic heterocycles. The van der Waals surface area contributed by atoms with Gasteiger partial charge >= 0.3 is 0 Å². The summed E-state index contributed by atoms with van der Waals surface area (Å²) >= 11 is 5.90. The molecule has 2 aromatic rings. The summed E-state index contributed by atoms with van der Waals surface area (Å²) in [5, 5.41) is 24.5. The van der Waals surface area contributed by atoms with Gasteiger partial charge in [0.05, 0.1) is 17.8 Å². The first-order chi connectivity index (χ1) is 11.6. The molecule has 0 saturated carbocycles. The van der Waals surface area contributed by atoms with E-state index in [0.717, 1.165) is 5.56 Å². The Morgan fingerprint density at radius 1 is 1.25 bits per heavy atom. The van der Waals surface area contributed by atoms with Crippen molar-refractivity contribution < 1.29 is 9.90 Å². The van der Waals surface area contributed by atoms with Crippen LogP contribution in [0.25, 0.3) is 0 Å². The van der Waals surface area contributed by atoms with Crippen LogP contribution < -0.4 is 10.6 Å². The van der Waals surface area contributed by atoms with Crippen LogP contribution in [0.2, 0.25) is 5.02 Å². The number of halogens is 1. The third kappa shape index (κ3) is 5.07. The minimum absolute atomic E-state index is 0.0149. The van der Waals surface area contributed by atoms with Crippen molar-refractivity contribution in [2.24, 2.45) is 0 Å². The Kier molecular flexibility index (Phi) is 6.76. The number of anilines is 1. The van der Waals surface area contributed by atoms with E-state index in [0.29, 0.717) is 22.7 Å². The fourth-order valence-electron chi connectivity index (χ4n) is 2.33. The predicted octanol–water partition coefficient (Wildman–Crippen LogP) is 2.86. The molecule has 124 valence electrons. The summed E-state index contributed by atoms with van der Waals surface area (Å²) in [6.07, 6.45) is 0.498. The van der Waals surface area contributed by atoms with Gasteiger partial charge in [-0.2, -0.15) is 5.26 Å². The van der Waals surface area contributed by atoms with Crippen molar-refractivity contribution in [3.63, 3.8) is 0 Å². The second kappa shape index (κ2) is 9.04. The molecular weight excluding hydrogens is 326 g/mol. The van der Waals surface area contributed by atoms with Crippen molar-refractivity contribution in [2.75, 3.05) is 18.5 Å². The van der Waals surface area contributed by atoms with Gasteiger partial charge in [-0.1, -0.05) is 41.9 Å². The topological polar surface area (TPSA) is 85.2 Å². The lowest BCUT2D eigenvalue weighted by Crippen LogP contribution is -2.32. The van der Waals surface area contributed by atoms with E-state index in [2.05, 4.69) is 10.6 Å². The van der Waals surface area contributed by atoms with Gasteiger partial charge in [-0.05, 0) is 30.2 Å². The monoisotopic (exact) mass is 343 g/mol. The second-order valence-corrected chi connectivity index (χ2v) is 5.64. The average Bonchev–Trinajstić information content (AvgIpc) is 2.59. The van der Waals surface area contributed by atoms with Crippen molar-refractivity contribution in [3.05, 3.63) is 64.7 Å². The maximum Gasteiger partial charge on any atom is 0.238 e. The highest BCUT2D eigenvalue weighted by molar-refractivity contribution is 6.31. The summed E-state index contributed by atoms with van der Waals surface area (Å²) in [7, 11) is 0. The molecule has 1 atom stereocenters. The molecule has 0 aliphatic rings. The molecule has 0 saturated heterocycles. The van der Waals surface area contributed by atoms with Crippen molar-refractivity contribution >= 4 is 23.2 Å². The summed E-state index contributed by atoms with van der Waals surface area (Å²) in [6.45, 7) is 0.0675. The number of carbonyl (C=O) groups is 1. The van der Waals surface area contributed by atoms with E-state index in [4.69, 9.17) is 16.9 Å². The highest BCUT2D eigenvalue weighted by Gasteiger charge is 2.13. The van der Waals surface area contributed by atoms with Gasteiger partial charge in [0.1, 0.15) is 6.07 Å². The van der Waals surface area contributed by atoms with Gasteiger partial charge in [-0.25, -0.2) is 0 Å². The van der Waals surface area contributed by atoms with Gasteiger partial charge in [0.25, 0.3) is 0 Å². The van der Waals surface area contributed by atoms with Crippen LogP contribution in [0.3, 0.4) is 0 Å². The smallest absolute Gasteiger partial charge is 0.238 e. The first-order valence-electron chi connectivity index (χ1n) is 7.52. The van der Waals surface area contributed by atoms with Crippen molar-refractivity contribution in [1.82, 2.24) is 5.32 Å². The van der Waals surface area contributed by atoms with E-state index in [9.17, 15) is 9.90 Å². The quantitative estimate of drug-likeness (QED) is 0.721. The number of rotatable bonds is 7. The summed E-state index contributed by atoms with van der Waals surface area (Å²) in [4.78, 5) is 12.1. The molecule has 2 rings (SSSR count). The molecule has 3 N–H and O–H groups in total. The van der Waals surface area contributed by atoms with E-state index in [1.165, 1.54) is 0 Å². The Balaban J connectivity index is 1.99. The summed E-state index contributed by atoms with van der Waals surface area (Å²) in [5.41, 5.74) is 1.73. The Morgan fingerprint density at radius 3 is 2.67 bits per heavy atom. The Labute approximate surface area is 145 Å². The molecule has 1 amide bonds. The zero-order valence-electron chi connectivity index (χ0n) is 13.0. The van der Waals surface area contributed by atoms with Gasteiger partial charge in [-0.15, -0.1) is 0 Å². The van der Waals surface area contributed by atoms with E-state index in [1.807, 2.05) is 36.4 Å². The molecule has 6 heteroatoms. The van der Waals surface area contributed by atoms with Gasteiger partial charge < -0.3 is 15.7 Å². The molecule has 0 aliphatic carbocycles. The van der Waals surface area contributed by atoms with Crippen molar-refractivity contribution in [1.29, 1.82) is 5.26 Å². The van der Waals surface area contributed by atoms with Crippen LogP contribution in [-0.2, 0) is 4.79 Å². The van der Waals surface area contributed by atoms with Gasteiger partial charge in [0.2, 0.25) is 5.91 Å². The number of aliphatic hydroxyl groups excluding tert-OH is 1. The zero-order chi connectivity index (χ0) is 17.4. The highest BCUT2D eigenvalue weighted by atomic mass is 35.5. The third-order valence-corrected chi connectivity index (χ3v) is 3.74. The Morgan fingerprint density at radius 2 is 2.00 bits per heavy atom.